The molecule has 1 amide bonds. The summed E-state index contributed by atoms with van der Waals surface area (Å²) >= 11 is 1.59. The average Bonchev–Trinajstić information content (AvgIpc) is 3.04. The number of nitrogens with one attached hydrogen (secondary N) is 1. The first kappa shape index (κ1) is 16.9. The van der Waals surface area contributed by atoms with Crippen LogP contribution in [0.25, 0.3) is 10.6 Å². The minimum atomic E-state index is -0.320. The number of hydrogen-bond donors (Lipinski definition) is 1. The Bertz CT molecular complexity index is 945. The Morgan fingerprint density at radius 1 is 1.16 bits per heavy atom. The van der Waals surface area contributed by atoms with E-state index in [1.54, 1.807) is 48.8 Å². The van der Waals surface area contributed by atoms with Crippen molar-refractivity contribution in [3.8, 4) is 16.3 Å². The van der Waals surface area contributed by atoms with Gasteiger partial charge in [0.2, 0.25) is 5.91 Å². The molecule has 2 heterocycles. The van der Waals surface area contributed by atoms with Crippen LogP contribution in [-0.4, -0.2) is 22.8 Å². The third-order valence-corrected chi connectivity index (χ3v) is 4.55. The summed E-state index contributed by atoms with van der Waals surface area (Å²) in [5.41, 5.74) is 0.987. The van der Waals surface area contributed by atoms with Crippen molar-refractivity contribution in [1.29, 1.82) is 0 Å². The van der Waals surface area contributed by atoms with E-state index >= 15 is 0 Å². The van der Waals surface area contributed by atoms with Gasteiger partial charge in [-0.2, -0.15) is 5.10 Å². The van der Waals surface area contributed by atoms with E-state index < -0.39 is 0 Å². The SMILES string of the molecule is COc1ccc(NC(=O)Cn2nc(-c3ccc(C)s3)ccc2=O)cc1. The largest absolute Gasteiger partial charge is 0.497 e. The maximum atomic E-state index is 12.2. The molecule has 0 bridgehead atoms. The highest BCUT2D eigenvalue weighted by atomic mass is 32.1. The molecule has 7 heteroatoms. The lowest BCUT2D eigenvalue weighted by Crippen LogP contribution is -2.29. The van der Waals surface area contributed by atoms with Gasteiger partial charge in [0, 0.05) is 16.6 Å². The van der Waals surface area contributed by atoms with Crippen LogP contribution in [0.2, 0.25) is 0 Å². The van der Waals surface area contributed by atoms with Crippen molar-refractivity contribution in [1.82, 2.24) is 9.78 Å². The summed E-state index contributed by atoms with van der Waals surface area (Å²) < 4.78 is 6.25. The molecule has 0 saturated heterocycles. The smallest absolute Gasteiger partial charge is 0.267 e. The molecule has 3 rings (SSSR count). The van der Waals surface area contributed by atoms with Crippen molar-refractivity contribution in [2.24, 2.45) is 0 Å². The molecule has 0 atom stereocenters. The Balaban J connectivity index is 1.75. The molecule has 0 spiro atoms. The second kappa shape index (κ2) is 7.31. The summed E-state index contributed by atoms with van der Waals surface area (Å²) in [6.07, 6.45) is 0. The fraction of sp³-hybridized carbons (Fsp3) is 0.167. The van der Waals surface area contributed by atoms with Gasteiger partial charge in [-0.3, -0.25) is 9.59 Å². The lowest BCUT2D eigenvalue weighted by Gasteiger charge is -2.08. The molecule has 0 aliphatic rings. The van der Waals surface area contributed by atoms with Crippen LogP contribution in [-0.2, 0) is 11.3 Å². The number of carbonyl (C=O) groups excluding carboxylic acids is 1. The molecule has 0 fully saturated rings. The Kier molecular flexibility index (Phi) is 4.95. The van der Waals surface area contributed by atoms with Gasteiger partial charge in [0.25, 0.3) is 5.56 Å². The van der Waals surface area contributed by atoms with E-state index in [9.17, 15) is 9.59 Å². The van der Waals surface area contributed by atoms with Gasteiger partial charge >= 0.3 is 0 Å². The molecule has 1 aromatic carbocycles. The zero-order valence-corrected chi connectivity index (χ0v) is 14.7. The summed E-state index contributed by atoms with van der Waals surface area (Å²) in [7, 11) is 1.58. The van der Waals surface area contributed by atoms with E-state index in [-0.39, 0.29) is 18.0 Å². The molecule has 0 radical (unpaired) electrons. The second-order valence-electron chi connectivity index (χ2n) is 5.40. The van der Waals surface area contributed by atoms with Crippen molar-refractivity contribution in [3.63, 3.8) is 0 Å². The summed E-state index contributed by atoms with van der Waals surface area (Å²) in [6, 6.07) is 14.0. The number of benzene rings is 1. The molecular formula is C18H17N3O3S. The number of aromatic nitrogens is 2. The van der Waals surface area contributed by atoms with Gasteiger partial charge in [0.15, 0.2) is 0 Å². The van der Waals surface area contributed by atoms with Crippen molar-refractivity contribution in [3.05, 3.63) is 63.8 Å². The van der Waals surface area contributed by atoms with Gasteiger partial charge in [-0.1, -0.05) is 0 Å². The predicted octanol–water partition coefficient (Wildman–Crippen LogP) is 2.93. The fourth-order valence-electron chi connectivity index (χ4n) is 2.28. The van der Waals surface area contributed by atoms with E-state index in [0.29, 0.717) is 17.1 Å². The maximum Gasteiger partial charge on any atom is 0.267 e. The predicted molar refractivity (Wildman–Crippen MR) is 98.2 cm³/mol. The first-order chi connectivity index (χ1) is 12.0. The Morgan fingerprint density at radius 2 is 1.92 bits per heavy atom. The summed E-state index contributed by atoms with van der Waals surface area (Å²) in [4.78, 5) is 26.3. The third kappa shape index (κ3) is 4.13. The summed E-state index contributed by atoms with van der Waals surface area (Å²) in [5.74, 6) is 0.383. The average molecular weight is 355 g/mol. The number of methoxy groups -OCH3 is 1. The lowest BCUT2D eigenvalue weighted by atomic mass is 10.3. The number of nitrogens with zero attached hydrogens (tertiary/aromatic N) is 2. The molecule has 0 aliphatic carbocycles. The Hall–Kier alpha value is -2.93. The number of carbonyl (C=O) groups is 1. The molecule has 25 heavy (non-hydrogen) atoms. The van der Waals surface area contributed by atoms with Crippen LogP contribution >= 0.6 is 11.3 Å². The highest BCUT2D eigenvalue weighted by Gasteiger charge is 2.09. The molecule has 2 aromatic heterocycles. The highest BCUT2D eigenvalue weighted by Crippen LogP contribution is 2.25. The fourth-order valence-corrected chi connectivity index (χ4v) is 3.11. The van der Waals surface area contributed by atoms with Crippen molar-refractivity contribution >= 4 is 22.9 Å². The van der Waals surface area contributed by atoms with Crippen LogP contribution in [0.4, 0.5) is 5.69 Å². The number of aryl methyl sites for hydroxylation is 1. The van der Waals surface area contributed by atoms with E-state index in [1.807, 2.05) is 19.1 Å². The van der Waals surface area contributed by atoms with E-state index in [2.05, 4.69) is 10.4 Å². The van der Waals surface area contributed by atoms with Gasteiger partial charge in [0.05, 0.1) is 12.0 Å². The van der Waals surface area contributed by atoms with Crippen molar-refractivity contribution in [2.75, 3.05) is 12.4 Å². The van der Waals surface area contributed by atoms with Gasteiger partial charge in [-0.15, -0.1) is 11.3 Å². The van der Waals surface area contributed by atoms with Crippen LogP contribution in [0.3, 0.4) is 0 Å². The van der Waals surface area contributed by atoms with E-state index in [1.165, 1.54) is 10.7 Å². The number of rotatable bonds is 5. The molecule has 1 N–H and O–H groups in total. The Labute approximate surface area is 148 Å². The van der Waals surface area contributed by atoms with Gasteiger partial charge in [-0.25, -0.2) is 4.68 Å². The van der Waals surface area contributed by atoms with Crippen LogP contribution in [0.1, 0.15) is 4.88 Å². The number of anilines is 1. The zero-order valence-electron chi connectivity index (χ0n) is 13.9. The minimum absolute atomic E-state index is 0.150. The second-order valence-corrected chi connectivity index (χ2v) is 6.69. The molecule has 0 aliphatic heterocycles. The van der Waals surface area contributed by atoms with Crippen molar-refractivity contribution < 1.29 is 9.53 Å². The topological polar surface area (TPSA) is 73.2 Å². The monoisotopic (exact) mass is 355 g/mol. The normalized spacial score (nSPS) is 10.5. The molecule has 3 aromatic rings. The zero-order chi connectivity index (χ0) is 17.8. The number of amides is 1. The number of hydrogen-bond acceptors (Lipinski definition) is 5. The maximum absolute atomic E-state index is 12.2. The molecule has 128 valence electrons. The van der Waals surface area contributed by atoms with E-state index in [0.717, 1.165) is 9.75 Å². The first-order valence-corrected chi connectivity index (χ1v) is 8.46. The molecule has 0 unspecified atom stereocenters. The van der Waals surface area contributed by atoms with Gasteiger partial charge < -0.3 is 10.1 Å². The number of ether oxygens (including phenoxy) is 1. The Morgan fingerprint density at radius 3 is 2.56 bits per heavy atom. The van der Waals surface area contributed by atoms with Gasteiger partial charge in [0.1, 0.15) is 18.0 Å². The van der Waals surface area contributed by atoms with Crippen LogP contribution in [0.15, 0.2) is 53.3 Å². The first-order valence-electron chi connectivity index (χ1n) is 7.64. The minimum Gasteiger partial charge on any atom is -0.497 e. The quantitative estimate of drug-likeness (QED) is 0.764. The molecule has 0 saturated carbocycles. The molecular weight excluding hydrogens is 338 g/mol. The standard InChI is InChI=1S/C18H17N3O3S/c1-12-3-9-16(25-12)15-8-10-18(23)21(20-15)11-17(22)19-13-4-6-14(24-2)7-5-13/h3-10H,11H2,1-2H3,(H,19,22). The highest BCUT2D eigenvalue weighted by molar-refractivity contribution is 7.15. The van der Waals surface area contributed by atoms with E-state index in [4.69, 9.17) is 4.74 Å². The number of thiophene rings is 1. The van der Waals surface area contributed by atoms with Crippen molar-refractivity contribution in [2.45, 2.75) is 13.5 Å². The lowest BCUT2D eigenvalue weighted by molar-refractivity contribution is -0.117. The van der Waals surface area contributed by atoms with Crippen LogP contribution < -0.4 is 15.6 Å². The van der Waals surface area contributed by atoms with Gasteiger partial charge in [-0.05, 0) is 49.4 Å². The summed E-state index contributed by atoms with van der Waals surface area (Å²) in [6.45, 7) is 1.86. The third-order valence-electron chi connectivity index (χ3n) is 3.53. The van der Waals surface area contributed by atoms with Crippen LogP contribution in [0.5, 0.6) is 5.75 Å². The summed E-state index contributed by atoms with van der Waals surface area (Å²) in [5, 5.41) is 7.04. The van der Waals surface area contributed by atoms with Crippen LogP contribution in [0, 0.1) is 6.92 Å². The molecule has 6 nitrogen and oxygen atoms in total.